The van der Waals surface area contributed by atoms with E-state index < -0.39 is 0 Å². The van der Waals surface area contributed by atoms with Crippen molar-refractivity contribution >= 4 is 50.0 Å². The topological polar surface area (TPSA) is 12.0 Å². The van der Waals surface area contributed by atoms with Gasteiger partial charge in [-0.1, -0.05) is 48.0 Å². The Labute approximate surface area is 166 Å². The summed E-state index contributed by atoms with van der Waals surface area (Å²) >= 11 is 7.72. The highest BCUT2D eigenvalue weighted by Crippen LogP contribution is 2.55. The van der Waals surface area contributed by atoms with E-state index in [1.54, 1.807) is 5.57 Å². The lowest BCUT2D eigenvalue weighted by atomic mass is 9.66. The molecule has 0 saturated carbocycles. The van der Waals surface area contributed by atoms with Gasteiger partial charge in [0.05, 0.1) is 6.04 Å². The first-order valence-corrected chi connectivity index (χ1v) is 11.5. The molecule has 2 aromatic carbocycles. The molecule has 0 spiro atoms. The third-order valence-electron chi connectivity index (χ3n) is 5.91. The molecule has 3 heterocycles. The van der Waals surface area contributed by atoms with E-state index in [4.69, 9.17) is 0 Å². The number of nitrogens with one attached hydrogen (secondary N) is 1. The molecule has 3 aliphatic heterocycles. The van der Waals surface area contributed by atoms with Gasteiger partial charge < -0.3 is 5.32 Å². The van der Waals surface area contributed by atoms with Gasteiger partial charge in [0.1, 0.15) is 0 Å². The Morgan fingerprint density at radius 3 is 2.84 bits per heavy atom. The fourth-order valence-corrected chi connectivity index (χ4v) is 7.77. The van der Waals surface area contributed by atoms with Crippen LogP contribution in [0.25, 0.3) is 4.91 Å². The van der Waals surface area contributed by atoms with Gasteiger partial charge in [-0.2, -0.15) is 0 Å². The Balaban J connectivity index is 1.65. The SMILES string of the molecule is CC1(C)c2cc(Br)ccc2NC2C3=C(SCC21)c1ccccc1SC3. The number of benzene rings is 2. The van der Waals surface area contributed by atoms with E-state index in [0.717, 1.165) is 5.75 Å². The summed E-state index contributed by atoms with van der Waals surface area (Å²) in [6, 6.07) is 16.0. The smallest absolute Gasteiger partial charge is 0.0540 e. The van der Waals surface area contributed by atoms with Gasteiger partial charge in [0.15, 0.2) is 0 Å². The van der Waals surface area contributed by atoms with Crippen molar-refractivity contribution in [2.45, 2.75) is 30.2 Å². The van der Waals surface area contributed by atoms with Crippen LogP contribution in [0.15, 0.2) is 57.4 Å². The molecular weight excluding hydrogens is 410 g/mol. The highest BCUT2D eigenvalue weighted by molar-refractivity contribution is 9.10. The average molecular weight is 430 g/mol. The molecule has 0 saturated heterocycles. The molecule has 25 heavy (non-hydrogen) atoms. The van der Waals surface area contributed by atoms with E-state index >= 15 is 0 Å². The predicted octanol–water partition coefficient (Wildman–Crippen LogP) is 6.40. The van der Waals surface area contributed by atoms with Crippen molar-refractivity contribution in [1.82, 2.24) is 0 Å². The van der Waals surface area contributed by atoms with Gasteiger partial charge in [-0.15, -0.1) is 23.5 Å². The number of fused-ring (bicyclic) bond motifs is 5. The zero-order valence-electron chi connectivity index (χ0n) is 14.3. The number of thioether (sulfide) groups is 2. The summed E-state index contributed by atoms with van der Waals surface area (Å²) in [6.07, 6.45) is 0. The third kappa shape index (κ3) is 2.44. The minimum atomic E-state index is 0.169. The first-order chi connectivity index (χ1) is 12.1. The molecule has 0 aliphatic carbocycles. The van der Waals surface area contributed by atoms with Crippen LogP contribution in [0.1, 0.15) is 25.0 Å². The molecule has 2 aromatic rings. The zero-order valence-corrected chi connectivity index (χ0v) is 17.5. The first-order valence-electron chi connectivity index (χ1n) is 8.70. The minimum Gasteiger partial charge on any atom is -0.378 e. The summed E-state index contributed by atoms with van der Waals surface area (Å²) in [5.74, 6) is 2.90. The Morgan fingerprint density at radius 1 is 1.12 bits per heavy atom. The number of hydrogen-bond acceptors (Lipinski definition) is 3. The Kier molecular flexibility index (Phi) is 3.81. The van der Waals surface area contributed by atoms with Crippen LogP contribution >= 0.6 is 39.5 Å². The molecule has 0 fully saturated rings. The molecular formula is C21H20BrNS2. The lowest BCUT2D eigenvalue weighted by Crippen LogP contribution is -2.50. The fourth-order valence-electron chi connectivity index (χ4n) is 4.44. The van der Waals surface area contributed by atoms with Gasteiger partial charge in [0.25, 0.3) is 0 Å². The van der Waals surface area contributed by atoms with Crippen LogP contribution < -0.4 is 5.32 Å². The van der Waals surface area contributed by atoms with Crippen molar-refractivity contribution < 1.29 is 0 Å². The molecule has 2 unspecified atom stereocenters. The lowest BCUT2D eigenvalue weighted by Gasteiger charge is -2.50. The van der Waals surface area contributed by atoms with Gasteiger partial charge in [-0.25, -0.2) is 0 Å². The molecule has 0 bridgehead atoms. The number of anilines is 1. The van der Waals surface area contributed by atoms with Crippen molar-refractivity contribution in [3.63, 3.8) is 0 Å². The highest BCUT2D eigenvalue weighted by Gasteiger charge is 2.47. The quantitative estimate of drug-likeness (QED) is 0.519. The van der Waals surface area contributed by atoms with E-state index in [1.165, 1.54) is 36.8 Å². The largest absolute Gasteiger partial charge is 0.378 e. The van der Waals surface area contributed by atoms with Crippen LogP contribution in [0.4, 0.5) is 5.69 Å². The van der Waals surface area contributed by atoms with Gasteiger partial charge in [0, 0.05) is 42.9 Å². The summed E-state index contributed by atoms with van der Waals surface area (Å²) < 4.78 is 1.17. The molecule has 1 N–H and O–H groups in total. The minimum absolute atomic E-state index is 0.169. The van der Waals surface area contributed by atoms with E-state index in [-0.39, 0.29) is 5.41 Å². The second-order valence-electron chi connectivity index (χ2n) is 7.59. The third-order valence-corrected chi connectivity index (χ3v) is 8.82. The fraction of sp³-hybridized carbons (Fsp3) is 0.333. The molecule has 0 radical (unpaired) electrons. The van der Waals surface area contributed by atoms with Crippen molar-refractivity contribution in [3.8, 4) is 0 Å². The van der Waals surface area contributed by atoms with Crippen molar-refractivity contribution in [2.75, 3.05) is 16.8 Å². The summed E-state index contributed by atoms with van der Waals surface area (Å²) in [7, 11) is 0. The van der Waals surface area contributed by atoms with Gasteiger partial charge in [-0.3, -0.25) is 0 Å². The monoisotopic (exact) mass is 429 g/mol. The Bertz CT molecular complexity index is 903. The molecule has 4 heteroatoms. The second kappa shape index (κ2) is 5.83. The van der Waals surface area contributed by atoms with Crippen molar-refractivity contribution in [2.24, 2.45) is 5.92 Å². The lowest BCUT2D eigenvalue weighted by molar-refractivity contribution is 0.314. The van der Waals surface area contributed by atoms with Crippen LogP contribution in [-0.2, 0) is 5.41 Å². The molecule has 0 amide bonds. The van der Waals surface area contributed by atoms with E-state index in [1.807, 2.05) is 11.8 Å². The maximum Gasteiger partial charge on any atom is 0.0540 e. The molecule has 5 rings (SSSR count). The van der Waals surface area contributed by atoms with Crippen LogP contribution in [0.3, 0.4) is 0 Å². The van der Waals surface area contributed by atoms with Crippen molar-refractivity contribution in [3.05, 3.63) is 63.6 Å². The first kappa shape index (κ1) is 16.3. The Morgan fingerprint density at radius 2 is 1.96 bits per heavy atom. The maximum atomic E-state index is 3.91. The molecule has 3 aliphatic rings. The summed E-state index contributed by atoms with van der Waals surface area (Å²) in [4.78, 5) is 2.96. The van der Waals surface area contributed by atoms with Crippen LogP contribution in [-0.4, -0.2) is 17.5 Å². The van der Waals surface area contributed by atoms with Gasteiger partial charge in [-0.05, 0) is 40.8 Å². The summed E-state index contributed by atoms with van der Waals surface area (Å²) in [5, 5.41) is 3.91. The summed E-state index contributed by atoms with van der Waals surface area (Å²) in [6.45, 7) is 4.85. The van der Waals surface area contributed by atoms with E-state index in [0.29, 0.717) is 12.0 Å². The Hall–Kier alpha value is -0.840. The predicted molar refractivity (Wildman–Crippen MR) is 115 cm³/mol. The van der Waals surface area contributed by atoms with Crippen LogP contribution in [0.2, 0.25) is 0 Å². The highest BCUT2D eigenvalue weighted by atomic mass is 79.9. The molecule has 1 nitrogen and oxygen atoms in total. The van der Waals surface area contributed by atoms with E-state index in [9.17, 15) is 0 Å². The normalized spacial score (nSPS) is 26.0. The molecule has 0 aromatic heterocycles. The molecule has 2 atom stereocenters. The number of hydrogen-bond donors (Lipinski definition) is 1. The zero-order chi connectivity index (χ0) is 17.2. The standard InChI is InChI=1S/C21H20BrNS2/c1-21(2)15-9-12(22)7-8-17(15)23-19-14-10-24-18-6-4-3-5-13(18)20(14)25-11-16(19)21/h3-9,16,19,23H,10-11H2,1-2H3. The summed E-state index contributed by atoms with van der Waals surface area (Å²) in [5.41, 5.74) is 5.96. The van der Waals surface area contributed by atoms with E-state index in [2.05, 4.69) is 89.3 Å². The van der Waals surface area contributed by atoms with Crippen molar-refractivity contribution in [1.29, 1.82) is 0 Å². The maximum absolute atomic E-state index is 3.91. The number of rotatable bonds is 0. The molecule has 128 valence electrons. The number of halogens is 1. The van der Waals surface area contributed by atoms with Crippen LogP contribution in [0.5, 0.6) is 0 Å². The second-order valence-corrected chi connectivity index (χ2v) is 10.6. The van der Waals surface area contributed by atoms with Crippen LogP contribution in [0, 0.1) is 5.92 Å². The van der Waals surface area contributed by atoms with Gasteiger partial charge >= 0.3 is 0 Å². The average Bonchev–Trinajstić information content (AvgIpc) is 2.62. The van der Waals surface area contributed by atoms with Gasteiger partial charge in [0.2, 0.25) is 0 Å².